The molecule has 5 aromatic rings. The summed E-state index contributed by atoms with van der Waals surface area (Å²) >= 11 is 0. The normalized spacial score (nSPS) is 13.7. The molecule has 1 saturated carbocycles. The number of anilines is 1. The monoisotopic (exact) mass is 577 g/mol. The first-order valence-electron chi connectivity index (χ1n) is 13.6. The van der Waals surface area contributed by atoms with E-state index in [1.807, 2.05) is 51.2 Å². The van der Waals surface area contributed by atoms with Crippen LogP contribution < -0.4 is 9.64 Å². The van der Waals surface area contributed by atoms with Gasteiger partial charge in [-0.1, -0.05) is 24.3 Å². The number of halogens is 3. The van der Waals surface area contributed by atoms with E-state index in [9.17, 15) is 13.2 Å². The molecular weight excluding hydrogens is 547 g/mol. The Hall–Kier alpha value is -4.55. The molecule has 1 aromatic carbocycles. The highest BCUT2D eigenvalue weighted by atomic mass is 19.4. The summed E-state index contributed by atoms with van der Waals surface area (Å²) < 4.78 is 48.9. The third-order valence-electron chi connectivity index (χ3n) is 7.25. The van der Waals surface area contributed by atoms with Crippen molar-refractivity contribution in [2.75, 3.05) is 19.1 Å². The zero-order valence-corrected chi connectivity index (χ0v) is 23.9. The fourth-order valence-corrected chi connectivity index (χ4v) is 5.05. The lowest BCUT2D eigenvalue weighted by Crippen LogP contribution is -2.19. The molecule has 0 radical (unpaired) electrons. The number of methoxy groups -OCH3 is 1. The van der Waals surface area contributed by atoms with Gasteiger partial charge in [-0.15, -0.1) is 0 Å². The smallest absolute Gasteiger partial charge is 0.434 e. The first-order valence-corrected chi connectivity index (χ1v) is 13.6. The van der Waals surface area contributed by atoms with Crippen molar-refractivity contribution in [1.82, 2.24) is 39.3 Å². The second kappa shape index (κ2) is 10.4. The molecule has 1 fully saturated rings. The molecule has 0 atom stereocenters. The Morgan fingerprint density at radius 2 is 1.79 bits per heavy atom. The Labute approximate surface area is 240 Å². The van der Waals surface area contributed by atoms with Gasteiger partial charge in [-0.25, -0.2) is 24.9 Å². The number of nitrogens with zero attached hydrogens (tertiary/aromatic N) is 9. The maximum Gasteiger partial charge on any atom is 0.434 e. The quantitative estimate of drug-likeness (QED) is 0.228. The predicted octanol–water partition coefficient (Wildman–Crippen LogP) is 5.81. The van der Waals surface area contributed by atoms with Gasteiger partial charge in [0.1, 0.15) is 23.2 Å². The molecule has 42 heavy (non-hydrogen) atoms. The summed E-state index contributed by atoms with van der Waals surface area (Å²) in [6.45, 7) is 4.12. The molecular formula is C29H30F3N9O. The van der Waals surface area contributed by atoms with Crippen LogP contribution in [-0.2, 0) is 19.8 Å². The van der Waals surface area contributed by atoms with Gasteiger partial charge in [-0.3, -0.25) is 4.68 Å². The molecule has 0 N–H and O–H groups in total. The van der Waals surface area contributed by atoms with Crippen molar-refractivity contribution < 1.29 is 17.9 Å². The number of ether oxygens (including phenoxy) is 1. The molecule has 218 valence electrons. The van der Waals surface area contributed by atoms with E-state index in [1.54, 1.807) is 28.5 Å². The van der Waals surface area contributed by atoms with Crippen LogP contribution in [-0.4, -0.2) is 53.4 Å². The molecule has 4 aromatic heterocycles. The summed E-state index contributed by atoms with van der Waals surface area (Å²) in [6, 6.07) is 7.17. The lowest BCUT2D eigenvalue weighted by Gasteiger charge is -2.20. The van der Waals surface area contributed by atoms with Crippen molar-refractivity contribution in [2.45, 2.75) is 51.4 Å². The van der Waals surface area contributed by atoms with Gasteiger partial charge in [-0.2, -0.15) is 18.3 Å². The number of aromatic nitrogens is 8. The Morgan fingerprint density at radius 1 is 1.05 bits per heavy atom. The van der Waals surface area contributed by atoms with E-state index < -0.39 is 11.9 Å². The number of hydrogen-bond acceptors (Lipinski definition) is 8. The van der Waals surface area contributed by atoms with E-state index in [0.29, 0.717) is 52.1 Å². The van der Waals surface area contributed by atoms with Gasteiger partial charge in [0.2, 0.25) is 5.88 Å². The molecule has 1 aliphatic rings. The third-order valence-corrected chi connectivity index (χ3v) is 7.25. The first-order chi connectivity index (χ1) is 20.0. The summed E-state index contributed by atoms with van der Waals surface area (Å²) in [5, 5.41) is 4.61. The topological polar surface area (TPSA) is 99.7 Å². The van der Waals surface area contributed by atoms with Crippen molar-refractivity contribution in [1.29, 1.82) is 0 Å². The molecule has 0 spiro atoms. The standard InChI is InChI=1S/C29H30F3N9O/c1-16(2)41-14-21(29(30,31)32)36-26(41)19-8-6-17(7-9-19)12-39(3)27-24-20(13-40(4)38-24)35-25(37-27)22-23(18-10-11-18)33-15-34-28(22)42-5/h6-9,13-16,18H,10-12H2,1-5H3. The summed E-state index contributed by atoms with van der Waals surface area (Å²) in [4.78, 5) is 24.5. The number of rotatable bonds is 8. The minimum atomic E-state index is -4.51. The second-order valence-electron chi connectivity index (χ2n) is 10.8. The highest BCUT2D eigenvalue weighted by Gasteiger charge is 2.35. The van der Waals surface area contributed by atoms with Gasteiger partial charge < -0.3 is 14.2 Å². The highest BCUT2D eigenvalue weighted by molar-refractivity contribution is 5.88. The van der Waals surface area contributed by atoms with Crippen LogP contribution in [0.3, 0.4) is 0 Å². The van der Waals surface area contributed by atoms with Crippen LogP contribution in [0.15, 0.2) is 43.0 Å². The number of imidazole rings is 1. The minimum Gasteiger partial charge on any atom is -0.480 e. The summed E-state index contributed by atoms with van der Waals surface area (Å²) in [6.07, 6.45) is 1.98. The van der Waals surface area contributed by atoms with Gasteiger partial charge in [0.25, 0.3) is 0 Å². The number of hydrogen-bond donors (Lipinski definition) is 0. The van der Waals surface area contributed by atoms with Crippen molar-refractivity contribution in [2.24, 2.45) is 7.05 Å². The van der Waals surface area contributed by atoms with Crippen LogP contribution >= 0.6 is 0 Å². The molecule has 13 heteroatoms. The molecule has 0 aliphatic heterocycles. The van der Waals surface area contributed by atoms with Crippen molar-refractivity contribution in [3.63, 3.8) is 0 Å². The lowest BCUT2D eigenvalue weighted by molar-refractivity contribution is -0.140. The van der Waals surface area contributed by atoms with Crippen LogP contribution in [0.4, 0.5) is 19.0 Å². The van der Waals surface area contributed by atoms with E-state index in [2.05, 4.69) is 20.1 Å². The summed E-state index contributed by atoms with van der Waals surface area (Å²) in [5.74, 6) is 2.11. The van der Waals surface area contributed by atoms with Crippen LogP contribution in [0, 0.1) is 0 Å². The number of fused-ring (bicyclic) bond motifs is 1. The third kappa shape index (κ3) is 5.14. The van der Waals surface area contributed by atoms with E-state index in [4.69, 9.17) is 14.7 Å². The average molecular weight is 578 g/mol. The summed E-state index contributed by atoms with van der Waals surface area (Å²) in [5.41, 5.74) is 3.51. The van der Waals surface area contributed by atoms with E-state index in [-0.39, 0.29) is 11.9 Å². The number of benzene rings is 1. The zero-order chi connectivity index (χ0) is 29.8. The molecule has 0 unspecified atom stereocenters. The van der Waals surface area contributed by atoms with E-state index >= 15 is 0 Å². The molecule has 4 heterocycles. The fourth-order valence-electron chi connectivity index (χ4n) is 5.05. The van der Waals surface area contributed by atoms with Crippen LogP contribution in [0.2, 0.25) is 0 Å². The predicted molar refractivity (Wildman–Crippen MR) is 151 cm³/mol. The Morgan fingerprint density at radius 3 is 2.43 bits per heavy atom. The Bertz CT molecular complexity index is 1760. The van der Waals surface area contributed by atoms with Crippen molar-refractivity contribution in [3.05, 3.63) is 59.9 Å². The van der Waals surface area contributed by atoms with E-state index in [0.717, 1.165) is 30.3 Å². The Kier molecular flexibility index (Phi) is 6.82. The molecule has 0 saturated heterocycles. The summed E-state index contributed by atoms with van der Waals surface area (Å²) in [7, 11) is 5.31. The van der Waals surface area contributed by atoms with Crippen LogP contribution in [0.5, 0.6) is 5.88 Å². The van der Waals surface area contributed by atoms with Gasteiger partial charge in [0, 0.05) is 44.4 Å². The SMILES string of the molecule is COc1ncnc(C2CC2)c1-c1nc(N(C)Cc2ccc(-c3nc(C(F)(F)F)cn3C(C)C)cc2)c2nn(C)cc2n1. The fraction of sp³-hybridized carbons (Fsp3) is 0.379. The van der Waals surface area contributed by atoms with Crippen molar-refractivity contribution in [3.8, 4) is 28.7 Å². The zero-order valence-electron chi connectivity index (χ0n) is 23.9. The average Bonchev–Trinajstić information content (AvgIpc) is 3.57. The molecule has 10 nitrogen and oxygen atoms in total. The number of alkyl halides is 3. The van der Waals surface area contributed by atoms with Gasteiger partial charge >= 0.3 is 6.18 Å². The molecule has 1 aliphatic carbocycles. The van der Waals surface area contributed by atoms with Gasteiger partial charge in [0.15, 0.2) is 22.9 Å². The largest absolute Gasteiger partial charge is 0.480 e. The van der Waals surface area contributed by atoms with Crippen molar-refractivity contribution >= 4 is 16.9 Å². The molecule has 6 rings (SSSR count). The first kappa shape index (κ1) is 27.6. The maximum atomic E-state index is 13.4. The van der Waals surface area contributed by atoms with Crippen LogP contribution in [0.25, 0.3) is 33.8 Å². The Balaban J connectivity index is 1.34. The van der Waals surface area contributed by atoms with Crippen LogP contribution in [0.1, 0.15) is 55.6 Å². The van der Waals surface area contributed by atoms with Gasteiger partial charge in [-0.05, 0) is 32.3 Å². The second-order valence-corrected chi connectivity index (χ2v) is 10.8. The lowest BCUT2D eigenvalue weighted by atomic mass is 10.1. The van der Waals surface area contributed by atoms with Gasteiger partial charge in [0.05, 0.1) is 19.0 Å². The minimum absolute atomic E-state index is 0.184. The molecule has 0 bridgehead atoms. The van der Waals surface area contributed by atoms with E-state index in [1.165, 1.54) is 6.33 Å². The maximum absolute atomic E-state index is 13.4. The molecule has 0 amide bonds. The highest BCUT2D eigenvalue weighted by Crippen LogP contribution is 2.45. The number of aryl methyl sites for hydroxylation is 1.